The van der Waals surface area contributed by atoms with E-state index in [1.165, 1.54) is 12.1 Å². The first-order valence-electron chi connectivity index (χ1n) is 6.94. The molecule has 0 aliphatic carbocycles. The zero-order chi connectivity index (χ0) is 15.5. The molecular formula is C16H16FN5. The number of hydrogen-bond acceptors (Lipinski definition) is 4. The van der Waals surface area contributed by atoms with Crippen molar-refractivity contribution in [2.75, 3.05) is 5.32 Å². The predicted molar refractivity (Wildman–Crippen MR) is 82.7 cm³/mol. The number of nitrogens with zero attached hydrogens (tertiary/aromatic N) is 4. The Labute approximate surface area is 127 Å². The fourth-order valence-corrected chi connectivity index (χ4v) is 2.27. The van der Waals surface area contributed by atoms with Crippen molar-refractivity contribution in [1.29, 1.82) is 0 Å². The molecule has 0 fully saturated rings. The molecule has 0 radical (unpaired) electrons. The second-order valence-electron chi connectivity index (χ2n) is 5.05. The van der Waals surface area contributed by atoms with Crippen molar-refractivity contribution < 1.29 is 4.39 Å². The van der Waals surface area contributed by atoms with Gasteiger partial charge in [0.15, 0.2) is 0 Å². The minimum absolute atomic E-state index is 0.250. The first-order chi connectivity index (χ1) is 10.6. The summed E-state index contributed by atoms with van der Waals surface area (Å²) in [6.45, 7) is 2.41. The number of halogens is 1. The van der Waals surface area contributed by atoms with Crippen LogP contribution < -0.4 is 5.32 Å². The molecule has 3 rings (SSSR count). The zero-order valence-corrected chi connectivity index (χ0v) is 12.4. The van der Waals surface area contributed by atoms with Crippen LogP contribution in [0.3, 0.4) is 0 Å². The molecule has 0 aliphatic heterocycles. The normalized spacial score (nSPS) is 10.7. The van der Waals surface area contributed by atoms with Crippen LogP contribution in [0.2, 0.25) is 0 Å². The third kappa shape index (κ3) is 3.11. The summed E-state index contributed by atoms with van der Waals surface area (Å²) in [4.78, 5) is 8.68. The van der Waals surface area contributed by atoms with E-state index in [1.807, 2.05) is 32.3 Å². The summed E-state index contributed by atoms with van der Waals surface area (Å²) < 4.78 is 14.9. The Kier molecular flexibility index (Phi) is 3.82. The predicted octanol–water partition coefficient (Wildman–Crippen LogP) is 2.94. The van der Waals surface area contributed by atoms with Gasteiger partial charge in [0.25, 0.3) is 0 Å². The number of aryl methyl sites for hydroxylation is 2. The van der Waals surface area contributed by atoms with Gasteiger partial charge in [-0.05, 0) is 30.7 Å². The van der Waals surface area contributed by atoms with E-state index >= 15 is 0 Å². The van der Waals surface area contributed by atoms with Crippen molar-refractivity contribution in [3.8, 4) is 11.3 Å². The van der Waals surface area contributed by atoms with Gasteiger partial charge in [-0.3, -0.25) is 4.68 Å². The maximum Gasteiger partial charge on any atom is 0.223 e. The highest BCUT2D eigenvalue weighted by atomic mass is 19.1. The standard InChI is InChI=1S/C16H16FN5/c1-11-14(10-22(2)21-11)15-6-7-18-16(20-15)19-9-12-4-3-5-13(17)8-12/h3-8,10H,9H2,1-2H3,(H,18,19,20). The van der Waals surface area contributed by atoms with E-state index in [-0.39, 0.29) is 5.82 Å². The first-order valence-corrected chi connectivity index (χ1v) is 6.94. The van der Waals surface area contributed by atoms with Crippen molar-refractivity contribution in [2.24, 2.45) is 7.05 Å². The Hall–Kier alpha value is -2.76. The number of nitrogens with one attached hydrogen (secondary N) is 1. The van der Waals surface area contributed by atoms with Crippen LogP contribution in [0, 0.1) is 12.7 Å². The molecule has 0 saturated carbocycles. The molecule has 0 saturated heterocycles. The van der Waals surface area contributed by atoms with E-state index < -0.39 is 0 Å². The van der Waals surface area contributed by atoms with Crippen molar-refractivity contribution in [1.82, 2.24) is 19.7 Å². The molecule has 3 aromatic rings. The fourth-order valence-electron chi connectivity index (χ4n) is 2.27. The van der Waals surface area contributed by atoms with E-state index in [4.69, 9.17) is 0 Å². The van der Waals surface area contributed by atoms with Crippen LogP contribution in [0.5, 0.6) is 0 Å². The molecule has 0 spiro atoms. The van der Waals surface area contributed by atoms with E-state index in [2.05, 4.69) is 20.4 Å². The highest BCUT2D eigenvalue weighted by molar-refractivity contribution is 5.61. The largest absolute Gasteiger partial charge is 0.350 e. The second kappa shape index (κ2) is 5.93. The summed E-state index contributed by atoms with van der Waals surface area (Å²) in [5.74, 6) is 0.255. The van der Waals surface area contributed by atoms with Crippen LogP contribution >= 0.6 is 0 Å². The average molecular weight is 297 g/mol. The maximum atomic E-state index is 13.2. The van der Waals surface area contributed by atoms with Gasteiger partial charge < -0.3 is 5.32 Å². The molecule has 1 aromatic carbocycles. The number of anilines is 1. The summed E-state index contributed by atoms with van der Waals surface area (Å²) in [5, 5.41) is 7.42. The molecule has 0 unspecified atom stereocenters. The quantitative estimate of drug-likeness (QED) is 0.804. The van der Waals surface area contributed by atoms with Gasteiger partial charge in [-0.15, -0.1) is 0 Å². The van der Waals surface area contributed by atoms with Crippen LogP contribution in [0.15, 0.2) is 42.7 Å². The molecule has 6 heteroatoms. The lowest BCUT2D eigenvalue weighted by molar-refractivity contribution is 0.626. The lowest BCUT2D eigenvalue weighted by Crippen LogP contribution is -2.04. The number of aromatic nitrogens is 4. The summed E-state index contributed by atoms with van der Waals surface area (Å²) in [6, 6.07) is 8.29. The van der Waals surface area contributed by atoms with Gasteiger partial charge in [-0.1, -0.05) is 12.1 Å². The van der Waals surface area contributed by atoms with Gasteiger partial charge in [-0.2, -0.15) is 5.10 Å². The van der Waals surface area contributed by atoms with Gasteiger partial charge >= 0.3 is 0 Å². The Morgan fingerprint density at radius 2 is 2.14 bits per heavy atom. The lowest BCUT2D eigenvalue weighted by Gasteiger charge is -2.06. The smallest absolute Gasteiger partial charge is 0.223 e. The third-order valence-corrected chi connectivity index (χ3v) is 3.28. The summed E-state index contributed by atoms with van der Waals surface area (Å²) >= 11 is 0. The number of benzene rings is 1. The van der Waals surface area contributed by atoms with Crippen molar-refractivity contribution in [2.45, 2.75) is 13.5 Å². The molecule has 22 heavy (non-hydrogen) atoms. The van der Waals surface area contributed by atoms with Gasteiger partial charge in [0, 0.05) is 31.5 Å². The number of rotatable bonds is 4. The van der Waals surface area contributed by atoms with E-state index in [1.54, 1.807) is 16.9 Å². The van der Waals surface area contributed by atoms with E-state index in [0.717, 1.165) is 22.5 Å². The third-order valence-electron chi connectivity index (χ3n) is 3.28. The van der Waals surface area contributed by atoms with Crippen LogP contribution in [0.25, 0.3) is 11.3 Å². The summed E-state index contributed by atoms with van der Waals surface area (Å²) in [7, 11) is 1.88. The van der Waals surface area contributed by atoms with Crippen molar-refractivity contribution >= 4 is 5.95 Å². The topological polar surface area (TPSA) is 55.6 Å². The number of hydrogen-bond donors (Lipinski definition) is 1. The van der Waals surface area contributed by atoms with E-state index in [9.17, 15) is 4.39 Å². The molecule has 2 aromatic heterocycles. The Morgan fingerprint density at radius 1 is 1.27 bits per heavy atom. The SMILES string of the molecule is Cc1nn(C)cc1-c1ccnc(NCc2cccc(F)c2)n1. The van der Waals surface area contributed by atoms with Crippen LogP contribution in [0.1, 0.15) is 11.3 Å². The molecule has 112 valence electrons. The Morgan fingerprint density at radius 3 is 2.86 bits per heavy atom. The maximum absolute atomic E-state index is 13.2. The highest BCUT2D eigenvalue weighted by Crippen LogP contribution is 2.20. The van der Waals surface area contributed by atoms with Gasteiger partial charge in [0.1, 0.15) is 5.82 Å². The van der Waals surface area contributed by atoms with E-state index in [0.29, 0.717) is 12.5 Å². The van der Waals surface area contributed by atoms with Crippen LogP contribution in [-0.4, -0.2) is 19.7 Å². The average Bonchev–Trinajstić information content (AvgIpc) is 2.84. The molecule has 0 amide bonds. The summed E-state index contributed by atoms with van der Waals surface area (Å²) in [6.07, 6.45) is 3.62. The molecule has 0 bridgehead atoms. The lowest BCUT2D eigenvalue weighted by atomic mass is 10.2. The first kappa shape index (κ1) is 14.2. The van der Waals surface area contributed by atoms with Crippen LogP contribution in [0.4, 0.5) is 10.3 Å². The second-order valence-corrected chi connectivity index (χ2v) is 5.05. The monoisotopic (exact) mass is 297 g/mol. The summed E-state index contributed by atoms with van der Waals surface area (Å²) in [5.41, 5.74) is 3.53. The molecule has 5 nitrogen and oxygen atoms in total. The molecule has 0 aliphatic rings. The minimum atomic E-state index is -0.250. The minimum Gasteiger partial charge on any atom is -0.350 e. The van der Waals surface area contributed by atoms with Gasteiger partial charge in [0.05, 0.1) is 11.4 Å². The highest BCUT2D eigenvalue weighted by Gasteiger charge is 2.08. The Bertz CT molecular complexity index is 797. The van der Waals surface area contributed by atoms with Crippen molar-refractivity contribution in [3.63, 3.8) is 0 Å². The molecule has 1 N–H and O–H groups in total. The molecule has 0 atom stereocenters. The molecular weight excluding hydrogens is 281 g/mol. The van der Waals surface area contributed by atoms with Gasteiger partial charge in [0.2, 0.25) is 5.95 Å². The van der Waals surface area contributed by atoms with Gasteiger partial charge in [-0.25, -0.2) is 14.4 Å². The zero-order valence-electron chi connectivity index (χ0n) is 12.4. The van der Waals surface area contributed by atoms with Crippen molar-refractivity contribution in [3.05, 3.63) is 59.8 Å². The van der Waals surface area contributed by atoms with Crippen LogP contribution in [-0.2, 0) is 13.6 Å². The Balaban J connectivity index is 1.78. The molecule has 2 heterocycles. The fraction of sp³-hybridized carbons (Fsp3) is 0.188.